The molecule has 0 spiro atoms. The molecule has 0 atom stereocenters. The third kappa shape index (κ3) is 3.68. The number of halogens is 3. The topological polar surface area (TPSA) is 20.3 Å². The van der Waals surface area contributed by atoms with E-state index in [4.69, 9.17) is 11.6 Å². The smallest absolute Gasteiger partial charge is 0.255 e. The summed E-state index contributed by atoms with van der Waals surface area (Å²) in [7, 11) is 0. The molecule has 0 unspecified atom stereocenters. The van der Waals surface area contributed by atoms with Crippen LogP contribution in [0.25, 0.3) is 0 Å². The number of amides is 1. The predicted molar refractivity (Wildman–Crippen MR) is 71.0 cm³/mol. The van der Waals surface area contributed by atoms with Crippen molar-refractivity contribution in [2.24, 2.45) is 0 Å². The predicted octanol–water partition coefficient (Wildman–Crippen LogP) is 3.68. The van der Waals surface area contributed by atoms with Crippen molar-refractivity contribution < 1.29 is 9.18 Å². The van der Waals surface area contributed by atoms with Crippen LogP contribution in [0.15, 0.2) is 22.7 Å². The second kappa shape index (κ2) is 6.36. The lowest BCUT2D eigenvalue weighted by atomic mass is 10.1. The lowest BCUT2D eigenvalue weighted by Crippen LogP contribution is -2.38. The number of rotatable bonds is 4. The summed E-state index contributed by atoms with van der Waals surface area (Å²) in [6.45, 7) is 4.25. The summed E-state index contributed by atoms with van der Waals surface area (Å²) in [5, 5.41) is 0. The van der Waals surface area contributed by atoms with E-state index in [1.165, 1.54) is 18.2 Å². The van der Waals surface area contributed by atoms with Gasteiger partial charge in [0.1, 0.15) is 5.82 Å². The Bertz CT molecular complexity index is 411. The van der Waals surface area contributed by atoms with Crippen LogP contribution < -0.4 is 0 Å². The molecule has 0 aliphatic heterocycles. The van der Waals surface area contributed by atoms with Crippen LogP contribution in [0.1, 0.15) is 24.2 Å². The molecule has 17 heavy (non-hydrogen) atoms. The highest BCUT2D eigenvalue weighted by atomic mass is 79.9. The second-order valence-electron chi connectivity index (χ2n) is 3.91. The van der Waals surface area contributed by atoms with Gasteiger partial charge in [0.05, 0.1) is 5.56 Å². The summed E-state index contributed by atoms with van der Waals surface area (Å²) >= 11 is 8.92. The van der Waals surface area contributed by atoms with Crippen molar-refractivity contribution in [3.8, 4) is 0 Å². The molecule has 1 aromatic rings. The Kier molecular flexibility index (Phi) is 5.40. The van der Waals surface area contributed by atoms with Crippen LogP contribution in [-0.2, 0) is 0 Å². The van der Waals surface area contributed by atoms with Gasteiger partial charge >= 0.3 is 0 Å². The molecule has 0 aliphatic carbocycles. The standard InChI is InChI=1S/C12H14BrClFNO/c1-8(2)16(6-5-14)12(17)10-7-9(15)3-4-11(10)13/h3-4,7-8H,5-6H2,1-2H3. The van der Waals surface area contributed by atoms with Crippen molar-refractivity contribution in [3.05, 3.63) is 34.1 Å². The Morgan fingerprint density at radius 3 is 2.71 bits per heavy atom. The SMILES string of the molecule is CC(C)N(CCCl)C(=O)c1cc(F)ccc1Br. The van der Waals surface area contributed by atoms with Crippen LogP contribution >= 0.6 is 27.5 Å². The number of hydrogen-bond acceptors (Lipinski definition) is 1. The van der Waals surface area contributed by atoms with E-state index >= 15 is 0 Å². The van der Waals surface area contributed by atoms with Crippen molar-refractivity contribution in [2.75, 3.05) is 12.4 Å². The van der Waals surface area contributed by atoms with E-state index in [2.05, 4.69) is 15.9 Å². The molecule has 1 amide bonds. The van der Waals surface area contributed by atoms with Crippen molar-refractivity contribution in [2.45, 2.75) is 19.9 Å². The van der Waals surface area contributed by atoms with Gasteiger partial charge in [-0.3, -0.25) is 4.79 Å². The van der Waals surface area contributed by atoms with E-state index in [0.717, 1.165) is 0 Å². The Hall–Kier alpha value is -0.610. The maximum Gasteiger partial charge on any atom is 0.255 e. The van der Waals surface area contributed by atoms with Crippen LogP contribution in [0.3, 0.4) is 0 Å². The minimum atomic E-state index is -0.425. The fourth-order valence-electron chi connectivity index (χ4n) is 1.50. The number of hydrogen-bond donors (Lipinski definition) is 0. The third-order valence-electron chi connectivity index (χ3n) is 2.37. The minimum Gasteiger partial charge on any atom is -0.335 e. The summed E-state index contributed by atoms with van der Waals surface area (Å²) in [6.07, 6.45) is 0. The molecule has 0 aromatic heterocycles. The van der Waals surface area contributed by atoms with Crippen LogP contribution in [-0.4, -0.2) is 29.3 Å². The van der Waals surface area contributed by atoms with Gasteiger partial charge in [0.2, 0.25) is 0 Å². The molecule has 0 heterocycles. The molecule has 94 valence electrons. The zero-order valence-corrected chi connectivity index (χ0v) is 12.1. The number of nitrogens with zero attached hydrogens (tertiary/aromatic N) is 1. The van der Waals surface area contributed by atoms with Gasteiger partial charge in [0.15, 0.2) is 0 Å². The van der Waals surface area contributed by atoms with E-state index < -0.39 is 5.82 Å². The average Bonchev–Trinajstić information content (AvgIpc) is 2.28. The van der Waals surface area contributed by atoms with E-state index in [0.29, 0.717) is 22.5 Å². The van der Waals surface area contributed by atoms with Crippen molar-refractivity contribution in [1.29, 1.82) is 0 Å². The largest absolute Gasteiger partial charge is 0.335 e. The highest BCUT2D eigenvalue weighted by Crippen LogP contribution is 2.20. The third-order valence-corrected chi connectivity index (χ3v) is 3.23. The first-order chi connectivity index (χ1) is 7.97. The van der Waals surface area contributed by atoms with Crippen LogP contribution in [0.4, 0.5) is 4.39 Å². The average molecular weight is 323 g/mol. The first kappa shape index (κ1) is 14.5. The number of carbonyl (C=O) groups excluding carboxylic acids is 1. The van der Waals surface area contributed by atoms with Crippen LogP contribution in [0, 0.1) is 5.82 Å². The number of benzene rings is 1. The molecule has 5 heteroatoms. The molecular formula is C12H14BrClFNO. The molecular weight excluding hydrogens is 308 g/mol. The van der Waals surface area contributed by atoms with Crippen molar-refractivity contribution in [1.82, 2.24) is 4.90 Å². The zero-order chi connectivity index (χ0) is 13.0. The molecule has 0 saturated carbocycles. The van der Waals surface area contributed by atoms with Crippen LogP contribution in [0.5, 0.6) is 0 Å². The normalized spacial score (nSPS) is 10.7. The van der Waals surface area contributed by atoms with Gasteiger partial charge < -0.3 is 4.90 Å². The first-order valence-electron chi connectivity index (χ1n) is 5.29. The molecule has 0 radical (unpaired) electrons. The number of alkyl halides is 1. The molecule has 1 rings (SSSR count). The van der Waals surface area contributed by atoms with Gasteiger partial charge in [-0.15, -0.1) is 11.6 Å². The Balaban J connectivity index is 3.04. The highest BCUT2D eigenvalue weighted by molar-refractivity contribution is 9.10. The fraction of sp³-hybridized carbons (Fsp3) is 0.417. The Morgan fingerprint density at radius 2 is 2.18 bits per heavy atom. The Morgan fingerprint density at radius 1 is 1.53 bits per heavy atom. The molecule has 0 aliphatic rings. The van der Waals surface area contributed by atoms with Gasteiger partial charge in [-0.1, -0.05) is 0 Å². The van der Waals surface area contributed by atoms with E-state index in [1.807, 2.05) is 13.8 Å². The molecule has 2 nitrogen and oxygen atoms in total. The van der Waals surface area contributed by atoms with Crippen molar-refractivity contribution in [3.63, 3.8) is 0 Å². The summed E-state index contributed by atoms with van der Waals surface area (Å²) < 4.78 is 13.7. The second-order valence-corrected chi connectivity index (χ2v) is 5.14. The lowest BCUT2D eigenvalue weighted by Gasteiger charge is -2.26. The zero-order valence-electron chi connectivity index (χ0n) is 9.71. The maximum atomic E-state index is 13.1. The monoisotopic (exact) mass is 321 g/mol. The quantitative estimate of drug-likeness (QED) is 0.774. The molecule has 1 aromatic carbocycles. The molecule has 0 N–H and O–H groups in total. The van der Waals surface area contributed by atoms with Gasteiger partial charge in [0.25, 0.3) is 5.91 Å². The van der Waals surface area contributed by atoms with E-state index in [-0.39, 0.29) is 11.9 Å². The Labute approximate surface area is 114 Å². The maximum absolute atomic E-state index is 13.1. The molecule has 0 fully saturated rings. The van der Waals surface area contributed by atoms with Gasteiger partial charge in [0, 0.05) is 22.9 Å². The van der Waals surface area contributed by atoms with Gasteiger partial charge in [-0.05, 0) is 48.0 Å². The van der Waals surface area contributed by atoms with E-state index in [1.54, 1.807) is 4.90 Å². The summed E-state index contributed by atoms with van der Waals surface area (Å²) in [5.41, 5.74) is 0.323. The van der Waals surface area contributed by atoms with Crippen molar-refractivity contribution >= 4 is 33.4 Å². The minimum absolute atomic E-state index is 0.0245. The summed E-state index contributed by atoms with van der Waals surface area (Å²) in [4.78, 5) is 13.8. The lowest BCUT2D eigenvalue weighted by molar-refractivity contribution is 0.0717. The highest BCUT2D eigenvalue weighted by Gasteiger charge is 2.20. The first-order valence-corrected chi connectivity index (χ1v) is 6.62. The summed E-state index contributed by atoms with van der Waals surface area (Å²) in [6, 6.07) is 4.09. The van der Waals surface area contributed by atoms with Gasteiger partial charge in [-0.25, -0.2) is 4.39 Å². The van der Waals surface area contributed by atoms with Crippen LogP contribution in [0.2, 0.25) is 0 Å². The molecule has 0 bridgehead atoms. The fourth-order valence-corrected chi connectivity index (χ4v) is 2.10. The molecule has 0 saturated heterocycles. The summed E-state index contributed by atoms with van der Waals surface area (Å²) in [5.74, 6) is -0.283. The number of carbonyl (C=O) groups is 1. The van der Waals surface area contributed by atoms with Gasteiger partial charge in [-0.2, -0.15) is 0 Å². The van der Waals surface area contributed by atoms with E-state index in [9.17, 15) is 9.18 Å².